The maximum absolute atomic E-state index is 9.17. The van der Waals surface area contributed by atoms with Crippen molar-refractivity contribution in [2.24, 2.45) is 5.92 Å². The molecule has 0 amide bonds. The molecule has 1 aliphatic heterocycles. The molecule has 1 unspecified atom stereocenters. The number of ether oxygens (including phenoxy) is 2. The Morgan fingerprint density at radius 2 is 2.05 bits per heavy atom. The van der Waals surface area contributed by atoms with Gasteiger partial charge in [-0.2, -0.15) is 5.26 Å². The number of nitriles is 1. The number of nitrogens with zero attached hydrogens (tertiary/aromatic N) is 3. The van der Waals surface area contributed by atoms with Crippen LogP contribution in [0, 0.1) is 17.2 Å². The number of hydrogen-bond donors (Lipinski definition) is 0. The van der Waals surface area contributed by atoms with Gasteiger partial charge in [-0.25, -0.2) is 4.98 Å². The molecule has 1 aromatic carbocycles. The normalized spacial score (nSPS) is 18.7. The number of hydrogen-bond acceptors (Lipinski definition) is 4. The lowest BCUT2D eigenvalue weighted by atomic mass is 9.85. The van der Waals surface area contributed by atoms with Gasteiger partial charge in [0.2, 0.25) is 0 Å². The molecular weight excluding hydrogens is 278 g/mol. The third kappa shape index (κ3) is 2.10. The predicted octanol–water partition coefficient (Wildman–Crippen LogP) is 3.23. The lowest BCUT2D eigenvalue weighted by Gasteiger charge is -2.26. The smallest absolute Gasteiger partial charge is 0.163 e. The van der Waals surface area contributed by atoms with Crippen LogP contribution in [0.5, 0.6) is 11.5 Å². The summed E-state index contributed by atoms with van der Waals surface area (Å²) in [5.41, 5.74) is 1.99. The van der Waals surface area contributed by atoms with E-state index in [2.05, 4.69) is 10.6 Å². The van der Waals surface area contributed by atoms with Crippen LogP contribution in [0.15, 0.2) is 12.1 Å². The summed E-state index contributed by atoms with van der Waals surface area (Å²) in [5.74, 6) is 3.16. The van der Waals surface area contributed by atoms with Gasteiger partial charge in [-0.1, -0.05) is 6.42 Å². The fourth-order valence-electron chi connectivity index (χ4n) is 3.16. The third-order valence-corrected chi connectivity index (χ3v) is 4.59. The first-order valence-corrected chi connectivity index (χ1v) is 7.95. The molecule has 4 rings (SSSR count). The minimum absolute atomic E-state index is 0.0376. The van der Waals surface area contributed by atoms with E-state index in [0.717, 1.165) is 28.4 Å². The van der Waals surface area contributed by atoms with Crippen molar-refractivity contribution in [1.29, 1.82) is 5.26 Å². The summed E-state index contributed by atoms with van der Waals surface area (Å²) >= 11 is 0. The molecule has 2 aromatic rings. The highest BCUT2D eigenvalue weighted by Crippen LogP contribution is 2.40. The summed E-state index contributed by atoms with van der Waals surface area (Å²) in [6.45, 7) is 3.80. The Morgan fingerprint density at radius 1 is 1.32 bits per heavy atom. The number of aromatic nitrogens is 2. The van der Waals surface area contributed by atoms with Gasteiger partial charge in [-0.05, 0) is 19.8 Å². The van der Waals surface area contributed by atoms with Gasteiger partial charge in [-0.15, -0.1) is 0 Å². The number of imidazole rings is 1. The second-order valence-corrected chi connectivity index (χ2v) is 6.22. The highest BCUT2D eigenvalue weighted by Gasteiger charge is 2.27. The highest BCUT2D eigenvalue weighted by molar-refractivity contribution is 5.81. The largest absolute Gasteiger partial charge is 0.486 e. The van der Waals surface area contributed by atoms with E-state index in [1.807, 2.05) is 19.1 Å². The number of rotatable bonds is 3. The average Bonchev–Trinajstić information content (AvgIpc) is 2.80. The van der Waals surface area contributed by atoms with Crippen molar-refractivity contribution in [2.45, 2.75) is 38.6 Å². The van der Waals surface area contributed by atoms with E-state index in [1.54, 1.807) is 0 Å². The molecule has 1 aromatic heterocycles. The van der Waals surface area contributed by atoms with Gasteiger partial charge in [-0.3, -0.25) is 0 Å². The Balaban J connectivity index is 1.85. The molecular formula is C17H19N3O2. The van der Waals surface area contributed by atoms with Crippen LogP contribution in [-0.2, 0) is 6.54 Å². The molecule has 1 atom stereocenters. The van der Waals surface area contributed by atoms with E-state index in [9.17, 15) is 0 Å². The maximum atomic E-state index is 9.17. The number of benzene rings is 1. The van der Waals surface area contributed by atoms with Gasteiger partial charge in [0.25, 0.3) is 0 Å². The predicted molar refractivity (Wildman–Crippen MR) is 82.1 cm³/mol. The van der Waals surface area contributed by atoms with Crippen molar-refractivity contribution in [3.63, 3.8) is 0 Å². The molecule has 0 spiro atoms. The summed E-state index contributed by atoms with van der Waals surface area (Å²) in [7, 11) is 0. The van der Waals surface area contributed by atoms with Crippen molar-refractivity contribution in [3.8, 4) is 17.6 Å². The monoisotopic (exact) mass is 297 g/mol. The molecule has 1 fully saturated rings. The Labute approximate surface area is 129 Å². The van der Waals surface area contributed by atoms with Gasteiger partial charge in [0.15, 0.2) is 11.5 Å². The van der Waals surface area contributed by atoms with E-state index >= 15 is 0 Å². The standard InChI is InChI=1S/C17H19N3O2/c1-11(9-18)10-20-14-8-16-15(21-5-6-22-16)7-13(14)19-17(20)12-3-2-4-12/h7-8,11-12H,2-6,10H2,1H3. The first kappa shape index (κ1) is 13.4. The van der Waals surface area contributed by atoms with Crippen LogP contribution in [0.2, 0.25) is 0 Å². The van der Waals surface area contributed by atoms with E-state index in [1.165, 1.54) is 19.3 Å². The quantitative estimate of drug-likeness (QED) is 0.872. The zero-order valence-corrected chi connectivity index (χ0v) is 12.7. The Morgan fingerprint density at radius 3 is 2.68 bits per heavy atom. The average molecular weight is 297 g/mol. The first-order valence-electron chi connectivity index (χ1n) is 7.95. The third-order valence-electron chi connectivity index (χ3n) is 4.59. The summed E-state index contributed by atoms with van der Waals surface area (Å²) in [5, 5.41) is 9.17. The fourth-order valence-corrected chi connectivity index (χ4v) is 3.16. The molecule has 0 N–H and O–H groups in total. The molecule has 5 nitrogen and oxygen atoms in total. The Bertz CT molecular complexity index is 755. The molecule has 2 aliphatic rings. The summed E-state index contributed by atoms with van der Waals surface area (Å²) < 4.78 is 13.6. The molecule has 0 radical (unpaired) electrons. The van der Waals surface area contributed by atoms with Crippen molar-refractivity contribution < 1.29 is 9.47 Å². The summed E-state index contributed by atoms with van der Waals surface area (Å²) in [6.07, 6.45) is 3.65. The number of fused-ring (bicyclic) bond motifs is 2. The highest BCUT2D eigenvalue weighted by atomic mass is 16.6. The second kappa shape index (κ2) is 5.20. The second-order valence-electron chi connectivity index (χ2n) is 6.22. The summed E-state index contributed by atoms with van der Waals surface area (Å²) in [4.78, 5) is 4.85. The van der Waals surface area contributed by atoms with E-state index < -0.39 is 0 Å². The van der Waals surface area contributed by atoms with Crippen LogP contribution in [0.25, 0.3) is 11.0 Å². The molecule has 0 saturated heterocycles. The van der Waals surface area contributed by atoms with Crippen LogP contribution in [0.3, 0.4) is 0 Å². The van der Waals surface area contributed by atoms with Gasteiger partial charge in [0, 0.05) is 24.6 Å². The minimum atomic E-state index is -0.0376. The molecule has 0 bridgehead atoms. The topological polar surface area (TPSA) is 60.1 Å². The zero-order valence-electron chi connectivity index (χ0n) is 12.7. The van der Waals surface area contributed by atoms with Crippen molar-refractivity contribution in [2.75, 3.05) is 13.2 Å². The van der Waals surface area contributed by atoms with Crippen molar-refractivity contribution in [1.82, 2.24) is 9.55 Å². The molecule has 2 heterocycles. The van der Waals surface area contributed by atoms with E-state index in [0.29, 0.717) is 25.7 Å². The molecule has 5 heteroatoms. The molecule has 22 heavy (non-hydrogen) atoms. The molecule has 1 saturated carbocycles. The van der Waals surface area contributed by atoms with Gasteiger partial charge in [0.1, 0.15) is 19.0 Å². The van der Waals surface area contributed by atoms with Crippen molar-refractivity contribution >= 4 is 11.0 Å². The molecule has 114 valence electrons. The lowest BCUT2D eigenvalue weighted by molar-refractivity contribution is 0.172. The molecule has 1 aliphatic carbocycles. The Hall–Kier alpha value is -2.22. The van der Waals surface area contributed by atoms with Gasteiger partial charge >= 0.3 is 0 Å². The maximum Gasteiger partial charge on any atom is 0.163 e. The van der Waals surface area contributed by atoms with Crippen molar-refractivity contribution in [3.05, 3.63) is 18.0 Å². The van der Waals surface area contributed by atoms with Crippen LogP contribution < -0.4 is 9.47 Å². The zero-order chi connectivity index (χ0) is 15.1. The minimum Gasteiger partial charge on any atom is -0.486 e. The SMILES string of the molecule is CC(C#N)Cn1c(C2CCC2)nc2cc3c(cc21)OCCO3. The fraction of sp³-hybridized carbons (Fsp3) is 0.529. The van der Waals surface area contributed by atoms with E-state index in [-0.39, 0.29) is 5.92 Å². The van der Waals surface area contributed by atoms with Gasteiger partial charge < -0.3 is 14.0 Å². The van der Waals surface area contributed by atoms with E-state index in [4.69, 9.17) is 19.7 Å². The first-order chi connectivity index (χ1) is 10.8. The van der Waals surface area contributed by atoms with Crippen LogP contribution >= 0.6 is 0 Å². The van der Waals surface area contributed by atoms with Crippen LogP contribution in [0.4, 0.5) is 0 Å². The summed E-state index contributed by atoms with van der Waals surface area (Å²) in [6, 6.07) is 6.32. The van der Waals surface area contributed by atoms with Gasteiger partial charge in [0.05, 0.1) is 23.0 Å². The lowest BCUT2D eigenvalue weighted by Crippen LogP contribution is -2.18. The Kier molecular flexibility index (Phi) is 3.18. The van der Waals surface area contributed by atoms with Crippen LogP contribution in [0.1, 0.15) is 37.9 Å². The van der Waals surface area contributed by atoms with Crippen LogP contribution in [-0.4, -0.2) is 22.8 Å².